The van der Waals surface area contributed by atoms with Crippen molar-refractivity contribution in [2.45, 2.75) is 67.7 Å². The van der Waals surface area contributed by atoms with Crippen LogP contribution in [-0.4, -0.2) is 5.78 Å². The second-order valence-corrected chi connectivity index (χ2v) is 4.30. The number of allylic oxidation sites excluding steroid dienone is 1. The van der Waals surface area contributed by atoms with Crippen molar-refractivity contribution >= 4 is 5.78 Å². The number of hydrogen-bond donors (Lipinski definition) is 0. The predicted octanol–water partition coefficient (Wildman–Crippen LogP) is 5.26. The van der Waals surface area contributed by atoms with Gasteiger partial charge in [-0.15, -0.1) is 0 Å². The minimum absolute atomic E-state index is 0.0185. The third-order valence-electron chi connectivity index (χ3n) is 2.22. The zero-order valence-corrected chi connectivity index (χ0v) is 12.5. The van der Waals surface area contributed by atoms with E-state index in [-0.39, 0.29) is 5.78 Å². The van der Waals surface area contributed by atoms with E-state index in [0.29, 0.717) is 0 Å². The third-order valence-corrected chi connectivity index (χ3v) is 2.22. The van der Waals surface area contributed by atoms with Gasteiger partial charge in [0.05, 0.1) is 0 Å². The highest BCUT2D eigenvalue weighted by molar-refractivity contribution is 5.86. The molecule has 1 nitrogen and oxygen atoms in total. The number of carbonyl (C=O) groups excluding carboxylic acids is 1. The Labute approximate surface area is 103 Å². The van der Waals surface area contributed by atoms with Crippen LogP contribution in [0, 0.1) is 11.8 Å². The van der Waals surface area contributed by atoms with Crippen LogP contribution in [0.4, 0.5) is 0 Å². The van der Waals surface area contributed by atoms with Crippen LogP contribution in [0.5, 0.6) is 0 Å². The zero-order valence-electron chi connectivity index (χ0n) is 12.5. The van der Waals surface area contributed by atoms with Gasteiger partial charge in [0.1, 0.15) is 0 Å². The first-order valence-corrected chi connectivity index (χ1v) is 6.56. The van der Waals surface area contributed by atoms with Crippen molar-refractivity contribution in [3.05, 3.63) is 12.7 Å². The maximum atomic E-state index is 9.69. The summed E-state index contributed by atoms with van der Waals surface area (Å²) < 4.78 is 0. The number of ketones is 1. The SMILES string of the molecule is C=CC(C)=O.CC.CCC(C)CCC(C)C. The first-order chi connectivity index (χ1) is 7.43. The van der Waals surface area contributed by atoms with Crippen molar-refractivity contribution in [1.82, 2.24) is 0 Å². The first kappa shape index (κ1) is 20.8. The van der Waals surface area contributed by atoms with Crippen LogP contribution >= 0.6 is 0 Å². The summed E-state index contributed by atoms with van der Waals surface area (Å²) in [4.78, 5) is 9.69. The van der Waals surface area contributed by atoms with Gasteiger partial charge in [-0.3, -0.25) is 4.79 Å². The van der Waals surface area contributed by atoms with E-state index in [9.17, 15) is 4.79 Å². The maximum absolute atomic E-state index is 9.69. The lowest BCUT2D eigenvalue weighted by Crippen LogP contribution is -1.95. The molecule has 0 fully saturated rings. The predicted molar refractivity (Wildman–Crippen MR) is 75.8 cm³/mol. The Balaban J connectivity index is -0.000000205. The monoisotopic (exact) mass is 228 g/mol. The standard InChI is InChI=1S/C9H20.C4H6O.C2H6/c1-5-9(4)7-6-8(2)3;1-3-4(2)5;1-2/h8-9H,5-7H2,1-4H3;3H,1H2,2H3;1-2H3. The van der Waals surface area contributed by atoms with Gasteiger partial charge in [0.25, 0.3) is 0 Å². The molecule has 0 radical (unpaired) electrons. The smallest absolute Gasteiger partial charge is 0.152 e. The summed E-state index contributed by atoms with van der Waals surface area (Å²) in [5.41, 5.74) is 0. The fraction of sp³-hybridized carbons (Fsp3) is 0.800. The van der Waals surface area contributed by atoms with E-state index < -0.39 is 0 Å². The van der Waals surface area contributed by atoms with Crippen molar-refractivity contribution in [3.63, 3.8) is 0 Å². The highest BCUT2D eigenvalue weighted by atomic mass is 16.1. The lowest BCUT2D eigenvalue weighted by Gasteiger charge is -2.09. The quantitative estimate of drug-likeness (QED) is 0.587. The highest BCUT2D eigenvalue weighted by Gasteiger charge is 1.99. The van der Waals surface area contributed by atoms with Crippen LogP contribution in [0.1, 0.15) is 67.7 Å². The zero-order chi connectivity index (χ0) is 13.6. The van der Waals surface area contributed by atoms with Gasteiger partial charge in [-0.1, -0.05) is 67.4 Å². The Hall–Kier alpha value is -0.590. The van der Waals surface area contributed by atoms with Crippen LogP contribution in [0.2, 0.25) is 0 Å². The average Bonchev–Trinajstić information content (AvgIpc) is 2.29. The fourth-order valence-corrected chi connectivity index (χ4v) is 0.822. The van der Waals surface area contributed by atoms with Gasteiger partial charge in [0.2, 0.25) is 0 Å². The third kappa shape index (κ3) is 29.2. The number of rotatable bonds is 5. The lowest BCUT2D eigenvalue weighted by atomic mass is 9.98. The Kier molecular flexibility index (Phi) is 21.8. The Bertz CT molecular complexity index is 148. The summed E-state index contributed by atoms with van der Waals surface area (Å²) in [7, 11) is 0. The van der Waals surface area contributed by atoms with Gasteiger partial charge >= 0.3 is 0 Å². The molecule has 1 heteroatoms. The van der Waals surface area contributed by atoms with E-state index in [1.807, 2.05) is 13.8 Å². The summed E-state index contributed by atoms with van der Waals surface area (Å²) in [6.07, 6.45) is 5.43. The van der Waals surface area contributed by atoms with E-state index in [0.717, 1.165) is 11.8 Å². The molecule has 0 amide bonds. The number of carbonyl (C=O) groups is 1. The van der Waals surface area contributed by atoms with E-state index in [2.05, 4.69) is 34.3 Å². The van der Waals surface area contributed by atoms with E-state index in [1.54, 1.807) is 0 Å². The number of hydrogen-bond acceptors (Lipinski definition) is 1. The molecule has 0 bridgehead atoms. The molecule has 0 spiro atoms. The first-order valence-electron chi connectivity index (χ1n) is 6.56. The summed E-state index contributed by atoms with van der Waals surface area (Å²) in [6, 6.07) is 0. The summed E-state index contributed by atoms with van der Waals surface area (Å²) >= 11 is 0. The summed E-state index contributed by atoms with van der Waals surface area (Å²) in [6.45, 7) is 17.9. The van der Waals surface area contributed by atoms with E-state index in [1.165, 1.54) is 32.3 Å². The molecule has 0 heterocycles. The van der Waals surface area contributed by atoms with Gasteiger partial charge in [-0.05, 0) is 24.8 Å². The Morgan fingerprint density at radius 3 is 1.75 bits per heavy atom. The molecule has 0 aromatic rings. The van der Waals surface area contributed by atoms with Crippen molar-refractivity contribution in [3.8, 4) is 0 Å². The van der Waals surface area contributed by atoms with Gasteiger partial charge in [0, 0.05) is 0 Å². The van der Waals surface area contributed by atoms with Crippen molar-refractivity contribution in [1.29, 1.82) is 0 Å². The molecule has 0 aliphatic rings. The van der Waals surface area contributed by atoms with Gasteiger partial charge < -0.3 is 0 Å². The normalized spacial score (nSPS) is 10.5. The van der Waals surface area contributed by atoms with Crippen LogP contribution in [0.3, 0.4) is 0 Å². The molecule has 0 aromatic heterocycles. The van der Waals surface area contributed by atoms with Gasteiger partial charge in [-0.2, -0.15) is 0 Å². The molecule has 98 valence electrons. The molecule has 0 N–H and O–H groups in total. The average molecular weight is 228 g/mol. The minimum Gasteiger partial charge on any atom is -0.295 e. The fourth-order valence-electron chi connectivity index (χ4n) is 0.822. The molecule has 0 saturated heterocycles. The molecular formula is C15H32O. The summed E-state index contributed by atoms with van der Waals surface area (Å²) in [5, 5.41) is 0. The maximum Gasteiger partial charge on any atom is 0.152 e. The van der Waals surface area contributed by atoms with Crippen LogP contribution in [0.25, 0.3) is 0 Å². The second kappa shape index (κ2) is 16.8. The Morgan fingerprint density at radius 2 is 1.56 bits per heavy atom. The van der Waals surface area contributed by atoms with E-state index in [4.69, 9.17) is 0 Å². The lowest BCUT2D eigenvalue weighted by molar-refractivity contribution is -0.112. The van der Waals surface area contributed by atoms with Crippen molar-refractivity contribution < 1.29 is 4.79 Å². The molecule has 1 unspecified atom stereocenters. The molecule has 0 rings (SSSR count). The molecule has 0 aliphatic heterocycles. The van der Waals surface area contributed by atoms with E-state index >= 15 is 0 Å². The second-order valence-electron chi connectivity index (χ2n) is 4.30. The molecule has 0 saturated carbocycles. The van der Waals surface area contributed by atoms with Crippen LogP contribution < -0.4 is 0 Å². The van der Waals surface area contributed by atoms with Crippen LogP contribution in [-0.2, 0) is 4.79 Å². The minimum atomic E-state index is 0.0185. The highest BCUT2D eigenvalue weighted by Crippen LogP contribution is 2.13. The van der Waals surface area contributed by atoms with Crippen LogP contribution in [0.15, 0.2) is 12.7 Å². The topological polar surface area (TPSA) is 17.1 Å². The molecule has 16 heavy (non-hydrogen) atoms. The molecule has 0 aliphatic carbocycles. The Morgan fingerprint density at radius 1 is 1.19 bits per heavy atom. The summed E-state index contributed by atoms with van der Waals surface area (Å²) in [5.74, 6) is 1.84. The van der Waals surface area contributed by atoms with Crippen molar-refractivity contribution in [2.75, 3.05) is 0 Å². The largest absolute Gasteiger partial charge is 0.295 e. The molecular weight excluding hydrogens is 196 g/mol. The van der Waals surface area contributed by atoms with Gasteiger partial charge in [-0.25, -0.2) is 0 Å². The van der Waals surface area contributed by atoms with Crippen molar-refractivity contribution in [2.24, 2.45) is 11.8 Å². The van der Waals surface area contributed by atoms with Gasteiger partial charge in [0.15, 0.2) is 5.78 Å². The molecule has 1 atom stereocenters. The molecule has 0 aromatic carbocycles.